The fourth-order valence-electron chi connectivity index (χ4n) is 2.58. The number of rotatable bonds is 3. The molecular weight excluding hydrogens is 414 g/mol. The zero-order valence-corrected chi connectivity index (χ0v) is 15.4. The lowest BCUT2D eigenvalue weighted by molar-refractivity contribution is -0.274. The molecule has 1 aromatic heterocycles. The van der Waals surface area contributed by atoms with Crippen LogP contribution in [0.15, 0.2) is 48.5 Å². The van der Waals surface area contributed by atoms with Crippen molar-refractivity contribution in [2.45, 2.75) is 6.36 Å². The highest BCUT2D eigenvalue weighted by Crippen LogP contribution is 2.36. The fraction of sp³-hybridized carbons (Fsp3) is 0.0526. The molecule has 0 radical (unpaired) electrons. The van der Waals surface area contributed by atoms with Gasteiger partial charge >= 0.3 is 6.36 Å². The van der Waals surface area contributed by atoms with E-state index in [0.717, 1.165) is 12.1 Å². The van der Waals surface area contributed by atoms with Crippen molar-refractivity contribution in [2.24, 2.45) is 0 Å². The van der Waals surface area contributed by atoms with E-state index in [-0.39, 0.29) is 17.1 Å². The van der Waals surface area contributed by atoms with E-state index in [1.807, 2.05) is 6.07 Å². The Morgan fingerprint density at radius 1 is 1.00 bits per heavy atom. The molecule has 0 spiro atoms. The number of nitrogen functional groups attached to an aromatic ring is 1. The lowest BCUT2D eigenvalue weighted by atomic mass is 9.98. The van der Waals surface area contributed by atoms with Crippen LogP contribution < -0.4 is 10.5 Å². The maximum Gasteiger partial charge on any atom is 0.573 e. The Kier molecular flexibility index (Phi) is 5.36. The van der Waals surface area contributed by atoms with Gasteiger partial charge in [-0.15, -0.1) is 13.2 Å². The molecule has 2 N–H and O–H groups in total. The first-order valence-corrected chi connectivity index (χ1v) is 8.46. The average molecular weight is 424 g/mol. The summed E-state index contributed by atoms with van der Waals surface area (Å²) in [5.74, 6) is -0.420. The first-order valence-electron chi connectivity index (χ1n) is 7.70. The highest BCUT2D eigenvalue weighted by molar-refractivity contribution is 6.35. The number of anilines is 1. The third-order valence-corrected chi connectivity index (χ3v) is 4.33. The lowest BCUT2D eigenvalue weighted by Gasteiger charge is -2.13. The summed E-state index contributed by atoms with van der Waals surface area (Å²) >= 11 is 12.2. The summed E-state index contributed by atoms with van der Waals surface area (Å²) in [7, 11) is 0. The number of benzene rings is 2. The first kappa shape index (κ1) is 19.8. The molecule has 0 bridgehead atoms. The predicted octanol–water partition coefficient (Wildman–Crippen LogP) is 6.07. The number of nitriles is 1. The highest BCUT2D eigenvalue weighted by atomic mass is 35.5. The van der Waals surface area contributed by atoms with Gasteiger partial charge in [-0.2, -0.15) is 5.26 Å². The molecule has 0 unspecified atom stereocenters. The van der Waals surface area contributed by atoms with Crippen LogP contribution in [0.4, 0.5) is 19.0 Å². The normalized spacial score (nSPS) is 11.1. The Balaban J connectivity index is 2.11. The van der Waals surface area contributed by atoms with Crippen molar-refractivity contribution in [2.75, 3.05) is 5.73 Å². The van der Waals surface area contributed by atoms with Crippen molar-refractivity contribution in [3.63, 3.8) is 0 Å². The van der Waals surface area contributed by atoms with Crippen LogP contribution >= 0.6 is 23.2 Å². The summed E-state index contributed by atoms with van der Waals surface area (Å²) in [6, 6.07) is 13.4. The van der Waals surface area contributed by atoms with Crippen LogP contribution in [-0.2, 0) is 0 Å². The number of hydrogen-bond donors (Lipinski definition) is 1. The van der Waals surface area contributed by atoms with Crippen molar-refractivity contribution < 1.29 is 17.9 Å². The largest absolute Gasteiger partial charge is 0.573 e. The van der Waals surface area contributed by atoms with Gasteiger partial charge in [0.2, 0.25) is 0 Å². The Morgan fingerprint density at radius 3 is 2.29 bits per heavy atom. The smallest absolute Gasteiger partial charge is 0.406 e. The molecule has 1 heterocycles. The van der Waals surface area contributed by atoms with Crippen molar-refractivity contribution in [1.82, 2.24) is 4.98 Å². The van der Waals surface area contributed by atoms with Crippen LogP contribution in [0, 0.1) is 11.3 Å². The molecule has 9 heteroatoms. The molecule has 0 aliphatic rings. The van der Waals surface area contributed by atoms with Gasteiger partial charge in [-0.25, -0.2) is 4.98 Å². The molecule has 0 aliphatic carbocycles. The van der Waals surface area contributed by atoms with E-state index in [1.165, 1.54) is 12.1 Å². The van der Waals surface area contributed by atoms with Crippen molar-refractivity contribution in [3.05, 3.63) is 64.1 Å². The third kappa shape index (κ3) is 4.30. The zero-order valence-electron chi connectivity index (χ0n) is 13.9. The molecule has 0 atom stereocenters. The standard InChI is InChI=1S/C19H10Cl2F3N3O/c20-11-3-6-16(21)14(7-11)17-8-13(15(9-25)18(26)27-17)10-1-4-12(5-2-10)28-19(22,23)24/h1-8H,(H2,26,27). The van der Waals surface area contributed by atoms with E-state index in [2.05, 4.69) is 9.72 Å². The number of ether oxygens (including phenoxy) is 1. The summed E-state index contributed by atoms with van der Waals surface area (Å²) in [6.07, 6.45) is -4.79. The van der Waals surface area contributed by atoms with Gasteiger partial charge in [0.1, 0.15) is 23.2 Å². The van der Waals surface area contributed by atoms with Gasteiger partial charge in [-0.1, -0.05) is 35.3 Å². The molecule has 3 rings (SSSR count). The Hall–Kier alpha value is -2.95. The topological polar surface area (TPSA) is 71.9 Å². The molecule has 0 fully saturated rings. The van der Waals surface area contributed by atoms with Gasteiger partial charge in [-0.05, 0) is 42.0 Å². The minimum absolute atomic E-state index is 0.0401. The minimum atomic E-state index is -4.79. The highest BCUT2D eigenvalue weighted by Gasteiger charge is 2.31. The van der Waals surface area contributed by atoms with Gasteiger partial charge < -0.3 is 10.5 Å². The number of hydrogen-bond acceptors (Lipinski definition) is 4. The number of alkyl halides is 3. The second-order valence-electron chi connectivity index (χ2n) is 5.62. The molecule has 3 aromatic rings. The number of aromatic nitrogens is 1. The van der Waals surface area contributed by atoms with E-state index in [0.29, 0.717) is 32.4 Å². The summed E-state index contributed by atoms with van der Waals surface area (Å²) in [5, 5.41) is 10.2. The van der Waals surface area contributed by atoms with Gasteiger partial charge in [0.05, 0.1) is 10.7 Å². The van der Waals surface area contributed by atoms with Crippen molar-refractivity contribution in [1.29, 1.82) is 5.26 Å². The van der Waals surface area contributed by atoms with E-state index >= 15 is 0 Å². The lowest BCUT2D eigenvalue weighted by Crippen LogP contribution is -2.16. The first-order chi connectivity index (χ1) is 13.2. The van der Waals surface area contributed by atoms with Gasteiger partial charge in [0, 0.05) is 16.1 Å². The van der Waals surface area contributed by atoms with Crippen molar-refractivity contribution >= 4 is 29.0 Å². The van der Waals surface area contributed by atoms with Crippen LogP contribution in [0.3, 0.4) is 0 Å². The van der Waals surface area contributed by atoms with Crippen LogP contribution in [0.25, 0.3) is 22.4 Å². The number of pyridine rings is 1. The molecule has 28 heavy (non-hydrogen) atoms. The molecular formula is C19H10Cl2F3N3O. The number of nitrogens with zero attached hydrogens (tertiary/aromatic N) is 2. The molecule has 0 saturated carbocycles. The predicted molar refractivity (Wildman–Crippen MR) is 101 cm³/mol. The van der Waals surface area contributed by atoms with E-state index in [9.17, 15) is 18.4 Å². The molecule has 142 valence electrons. The second-order valence-corrected chi connectivity index (χ2v) is 6.47. The van der Waals surface area contributed by atoms with Crippen molar-refractivity contribution in [3.8, 4) is 34.2 Å². The molecule has 0 aliphatic heterocycles. The minimum Gasteiger partial charge on any atom is -0.406 e. The Labute approximate surface area is 167 Å². The number of nitrogens with two attached hydrogens (primary N) is 1. The quantitative estimate of drug-likeness (QED) is 0.554. The monoisotopic (exact) mass is 423 g/mol. The van der Waals surface area contributed by atoms with Gasteiger partial charge in [-0.3, -0.25) is 0 Å². The van der Waals surface area contributed by atoms with Crippen LogP contribution in [0.2, 0.25) is 10.0 Å². The Bertz CT molecular complexity index is 1080. The fourth-order valence-corrected chi connectivity index (χ4v) is 2.96. The van der Waals surface area contributed by atoms with Gasteiger partial charge in [0.25, 0.3) is 0 Å². The summed E-state index contributed by atoms with van der Waals surface area (Å²) in [6.45, 7) is 0. The van der Waals surface area contributed by atoms with E-state index in [4.69, 9.17) is 28.9 Å². The Morgan fingerprint density at radius 2 is 1.68 bits per heavy atom. The van der Waals surface area contributed by atoms with E-state index < -0.39 is 6.36 Å². The van der Waals surface area contributed by atoms with Crippen LogP contribution in [-0.4, -0.2) is 11.3 Å². The summed E-state index contributed by atoms with van der Waals surface area (Å²) in [4.78, 5) is 4.21. The second kappa shape index (κ2) is 7.58. The van der Waals surface area contributed by atoms with Crippen LogP contribution in [0.1, 0.15) is 5.56 Å². The van der Waals surface area contributed by atoms with E-state index in [1.54, 1.807) is 24.3 Å². The zero-order chi connectivity index (χ0) is 20.5. The molecule has 0 amide bonds. The summed E-state index contributed by atoms with van der Waals surface area (Å²) < 4.78 is 40.9. The molecule has 0 saturated heterocycles. The molecule has 4 nitrogen and oxygen atoms in total. The van der Waals surface area contributed by atoms with Gasteiger partial charge in [0.15, 0.2) is 0 Å². The maximum atomic E-state index is 12.3. The molecule has 2 aromatic carbocycles. The maximum absolute atomic E-state index is 12.3. The third-order valence-electron chi connectivity index (χ3n) is 3.76. The SMILES string of the molecule is N#Cc1c(-c2ccc(OC(F)(F)F)cc2)cc(-c2cc(Cl)ccc2Cl)nc1N. The number of halogens is 5. The summed E-state index contributed by atoms with van der Waals surface area (Å²) in [5.41, 5.74) is 7.73. The van der Waals surface area contributed by atoms with Crippen LogP contribution in [0.5, 0.6) is 5.75 Å². The average Bonchev–Trinajstić information content (AvgIpc) is 2.62.